The Bertz CT molecular complexity index is 935. The number of likely N-dealkylation sites (tertiary alicyclic amines) is 1. The first-order valence-electron chi connectivity index (χ1n) is 9.86. The summed E-state index contributed by atoms with van der Waals surface area (Å²) in [6.07, 6.45) is 3.60. The number of ketones is 1. The van der Waals surface area contributed by atoms with E-state index >= 15 is 0 Å². The Morgan fingerprint density at radius 1 is 1.14 bits per heavy atom. The molecular weight excluding hydrogens is 452 g/mol. The molecular formula is C22H23BrN2O3S. The van der Waals surface area contributed by atoms with Crippen molar-refractivity contribution in [3.05, 3.63) is 68.0 Å². The van der Waals surface area contributed by atoms with Crippen molar-refractivity contribution < 1.29 is 14.7 Å². The first-order chi connectivity index (χ1) is 14.1. The molecule has 0 spiro atoms. The van der Waals surface area contributed by atoms with Crippen molar-refractivity contribution in [3.8, 4) is 0 Å². The van der Waals surface area contributed by atoms with Crippen LogP contribution in [0.4, 0.5) is 0 Å². The van der Waals surface area contributed by atoms with E-state index in [2.05, 4.69) is 20.8 Å². The number of thiophene rings is 1. The third kappa shape index (κ3) is 4.17. The van der Waals surface area contributed by atoms with Gasteiger partial charge in [-0.2, -0.15) is 0 Å². The average Bonchev–Trinajstić information content (AvgIpc) is 3.35. The average molecular weight is 475 g/mol. The molecule has 1 aromatic heterocycles. The van der Waals surface area contributed by atoms with Gasteiger partial charge in [0.25, 0.3) is 5.91 Å². The van der Waals surface area contributed by atoms with E-state index in [-0.39, 0.29) is 11.4 Å². The Morgan fingerprint density at radius 3 is 2.62 bits per heavy atom. The molecule has 4 rings (SSSR count). The molecule has 29 heavy (non-hydrogen) atoms. The van der Waals surface area contributed by atoms with Crippen molar-refractivity contribution >= 4 is 39.0 Å². The highest BCUT2D eigenvalue weighted by atomic mass is 79.9. The van der Waals surface area contributed by atoms with Crippen molar-refractivity contribution in [1.29, 1.82) is 0 Å². The van der Waals surface area contributed by atoms with Crippen LogP contribution in [0.1, 0.15) is 40.5 Å². The van der Waals surface area contributed by atoms with E-state index in [9.17, 15) is 14.7 Å². The highest BCUT2D eigenvalue weighted by molar-refractivity contribution is 9.10. The van der Waals surface area contributed by atoms with Crippen molar-refractivity contribution in [2.75, 3.05) is 26.2 Å². The van der Waals surface area contributed by atoms with Gasteiger partial charge in [-0.05, 0) is 55.1 Å². The number of piperidine rings is 1. The summed E-state index contributed by atoms with van der Waals surface area (Å²) in [5.74, 6) is -1.17. The Balaban J connectivity index is 1.67. The molecule has 1 aromatic carbocycles. The predicted molar refractivity (Wildman–Crippen MR) is 117 cm³/mol. The number of hydrogen-bond acceptors (Lipinski definition) is 5. The van der Waals surface area contributed by atoms with Crippen molar-refractivity contribution in [2.45, 2.75) is 25.3 Å². The molecule has 0 aliphatic carbocycles. The number of carbonyl (C=O) groups is 2. The maximum atomic E-state index is 13.2. The summed E-state index contributed by atoms with van der Waals surface area (Å²) in [6.45, 7) is 3.28. The third-order valence-electron chi connectivity index (χ3n) is 5.56. The summed E-state index contributed by atoms with van der Waals surface area (Å²) in [7, 11) is 0. The largest absolute Gasteiger partial charge is 0.503 e. The number of hydrogen-bond donors (Lipinski definition) is 1. The zero-order chi connectivity index (χ0) is 20.4. The van der Waals surface area contributed by atoms with E-state index < -0.39 is 17.7 Å². The lowest BCUT2D eigenvalue weighted by molar-refractivity contribution is -0.129. The van der Waals surface area contributed by atoms with Gasteiger partial charge >= 0.3 is 0 Å². The fourth-order valence-electron chi connectivity index (χ4n) is 4.11. The molecule has 0 radical (unpaired) electrons. The van der Waals surface area contributed by atoms with E-state index in [0.717, 1.165) is 29.7 Å². The highest BCUT2D eigenvalue weighted by Gasteiger charge is 2.43. The Labute approximate surface area is 182 Å². The van der Waals surface area contributed by atoms with Crippen LogP contribution < -0.4 is 0 Å². The molecule has 2 aliphatic rings. The van der Waals surface area contributed by atoms with Gasteiger partial charge in [-0.15, -0.1) is 11.3 Å². The molecule has 1 unspecified atom stereocenters. The second kappa shape index (κ2) is 8.81. The van der Waals surface area contributed by atoms with Crippen molar-refractivity contribution in [1.82, 2.24) is 9.80 Å². The summed E-state index contributed by atoms with van der Waals surface area (Å²) in [5.41, 5.74) is 0.990. The molecule has 1 saturated heterocycles. The molecule has 1 fully saturated rings. The smallest absolute Gasteiger partial charge is 0.290 e. The summed E-state index contributed by atoms with van der Waals surface area (Å²) < 4.78 is 0.868. The zero-order valence-electron chi connectivity index (χ0n) is 16.0. The number of aliphatic hydroxyl groups excluding tert-OH is 1. The fraction of sp³-hybridized carbons (Fsp3) is 0.364. The van der Waals surface area contributed by atoms with E-state index in [0.29, 0.717) is 11.4 Å². The minimum Gasteiger partial charge on any atom is -0.503 e. The number of carbonyl (C=O) groups excluding carboxylic acids is 2. The van der Waals surface area contributed by atoms with Crippen LogP contribution >= 0.6 is 27.3 Å². The quantitative estimate of drug-likeness (QED) is 0.622. The Kier molecular flexibility index (Phi) is 6.18. The van der Waals surface area contributed by atoms with Gasteiger partial charge in [-0.3, -0.25) is 9.59 Å². The Hall–Kier alpha value is -1.96. The molecule has 1 amide bonds. The molecule has 2 aliphatic heterocycles. The van der Waals surface area contributed by atoms with Gasteiger partial charge in [-0.25, -0.2) is 0 Å². The lowest BCUT2D eigenvalue weighted by Gasteiger charge is -2.31. The van der Waals surface area contributed by atoms with Gasteiger partial charge in [-0.1, -0.05) is 40.5 Å². The lowest BCUT2D eigenvalue weighted by Crippen LogP contribution is -2.40. The van der Waals surface area contributed by atoms with Gasteiger partial charge in [0, 0.05) is 17.6 Å². The van der Waals surface area contributed by atoms with Crippen LogP contribution in [0.25, 0.3) is 0 Å². The second-order valence-corrected chi connectivity index (χ2v) is 9.29. The number of aliphatic hydroxyl groups is 1. The first kappa shape index (κ1) is 20.3. The topological polar surface area (TPSA) is 60.9 Å². The van der Waals surface area contributed by atoms with Gasteiger partial charge < -0.3 is 14.9 Å². The fourth-order valence-corrected chi connectivity index (χ4v) is 5.21. The van der Waals surface area contributed by atoms with Crippen molar-refractivity contribution in [3.63, 3.8) is 0 Å². The number of amides is 1. The van der Waals surface area contributed by atoms with E-state index in [1.807, 2.05) is 29.6 Å². The van der Waals surface area contributed by atoms with E-state index in [1.54, 1.807) is 17.0 Å². The first-order valence-corrected chi connectivity index (χ1v) is 11.5. The maximum absolute atomic E-state index is 13.2. The molecule has 0 bridgehead atoms. The Morgan fingerprint density at radius 2 is 1.93 bits per heavy atom. The highest BCUT2D eigenvalue weighted by Crippen LogP contribution is 2.40. The van der Waals surface area contributed by atoms with Crippen molar-refractivity contribution in [2.24, 2.45) is 0 Å². The summed E-state index contributed by atoms with van der Waals surface area (Å²) in [4.78, 5) is 30.7. The lowest BCUT2D eigenvalue weighted by atomic mass is 9.95. The molecule has 1 N–H and O–H groups in total. The standard InChI is InChI=1S/C22H23BrN2O3S/c23-16-7-4-6-15(14-16)19-18(20(26)17-8-5-13-29-17)21(27)22(28)25(19)12-11-24-9-2-1-3-10-24/h4-8,13-14,19,27H,1-3,9-12H2. The minimum atomic E-state index is -0.584. The molecule has 152 valence electrons. The maximum Gasteiger partial charge on any atom is 0.290 e. The summed E-state index contributed by atoms with van der Waals surface area (Å²) in [6, 6.07) is 10.5. The number of nitrogens with zero attached hydrogens (tertiary/aromatic N) is 2. The van der Waals surface area contributed by atoms with Crippen LogP contribution in [0.5, 0.6) is 0 Å². The van der Waals surface area contributed by atoms with E-state index in [1.165, 1.54) is 30.6 Å². The molecule has 7 heteroatoms. The normalized spacial score (nSPS) is 20.5. The molecule has 3 heterocycles. The zero-order valence-corrected chi connectivity index (χ0v) is 18.4. The van der Waals surface area contributed by atoms with Crippen LogP contribution in [0.2, 0.25) is 0 Å². The third-order valence-corrected chi connectivity index (χ3v) is 6.93. The van der Waals surface area contributed by atoms with Crippen LogP contribution in [0, 0.1) is 0 Å². The van der Waals surface area contributed by atoms with Gasteiger partial charge in [0.05, 0.1) is 16.5 Å². The summed E-state index contributed by atoms with van der Waals surface area (Å²) in [5, 5.41) is 12.5. The van der Waals surface area contributed by atoms with Gasteiger partial charge in [0.15, 0.2) is 5.76 Å². The number of Topliss-reactive ketones (excluding diaryl/α,β-unsaturated/α-hetero) is 1. The monoisotopic (exact) mass is 474 g/mol. The van der Waals surface area contributed by atoms with Gasteiger partial charge in [0.1, 0.15) is 0 Å². The molecule has 1 atom stereocenters. The van der Waals surface area contributed by atoms with Crippen LogP contribution in [0.15, 0.2) is 57.6 Å². The number of halogens is 1. The van der Waals surface area contributed by atoms with Crippen LogP contribution in [-0.4, -0.2) is 52.8 Å². The predicted octanol–water partition coefficient (Wildman–Crippen LogP) is 4.57. The second-order valence-electron chi connectivity index (χ2n) is 7.43. The molecule has 5 nitrogen and oxygen atoms in total. The van der Waals surface area contributed by atoms with Gasteiger partial charge in [0.2, 0.25) is 5.78 Å². The minimum absolute atomic E-state index is 0.175. The van der Waals surface area contributed by atoms with Crippen LogP contribution in [-0.2, 0) is 4.79 Å². The molecule has 2 aromatic rings. The SMILES string of the molecule is O=C(C1=C(O)C(=O)N(CCN2CCCCC2)C1c1cccc(Br)c1)c1cccs1. The van der Waals surface area contributed by atoms with Crippen LogP contribution in [0.3, 0.4) is 0 Å². The number of benzene rings is 1. The number of rotatable bonds is 6. The molecule has 0 saturated carbocycles. The van der Waals surface area contributed by atoms with E-state index in [4.69, 9.17) is 0 Å². The summed E-state index contributed by atoms with van der Waals surface area (Å²) >= 11 is 4.80.